The lowest BCUT2D eigenvalue weighted by Gasteiger charge is -2.22. The number of aromatic nitrogens is 2. The van der Waals surface area contributed by atoms with Crippen LogP contribution in [0.5, 0.6) is 5.75 Å². The van der Waals surface area contributed by atoms with Gasteiger partial charge in [-0.2, -0.15) is 4.98 Å². The minimum atomic E-state index is -3.13. The van der Waals surface area contributed by atoms with Crippen LogP contribution in [0.25, 0.3) is 0 Å². The van der Waals surface area contributed by atoms with Gasteiger partial charge in [-0.25, -0.2) is 13.4 Å². The summed E-state index contributed by atoms with van der Waals surface area (Å²) in [6.45, 7) is 5.31. The summed E-state index contributed by atoms with van der Waals surface area (Å²) in [6, 6.07) is 4.24. The summed E-state index contributed by atoms with van der Waals surface area (Å²) in [7, 11) is -1.57. The van der Waals surface area contributed by atoms with Gasteiger partial charge in [0.15, 0.2) is 0 Å². The van der Waals surface area contributed by atoms with Gasteiger partial charge >= 0.3 is 5.97 Å². The lowest BCUT2D eigenvalue weighted by Crippen LogP contribution is -2.39. The molecule has 1 heterocycles. The summed E-state index contributed by atoms with van der Waals surface area (Å²) in [5, 5.41) is 14.9. The number of carboxylic acid groups (broad SMARTS) is 1. The van der Waals surface area contributed by atoms with Crippen LogP contribution in [0, 0.1) is 6.92 Å². The summed E-state index contributed by atoms with van der Waals surface area (Å²) in [4.78, 5) is 32.2. The lowest BCUT2D eigenvalue weighted by molar-refractivity contribution is -0.141. The van der Waals surface area contributed by atoms with Crippen molar-refractivity contribution in [3.63, 3.8) is 0 Å². The molecule has 210 valence electrons. The number of carbonyl (C=O) groups is 2. The summed E-state index contributed by atoms with van der Waals surface area (Å²) < 4.78 is 29.2. The number of carbonyl (C=O) groups excluding carboxylic acids is 1. The fraction of sp³-hybridized carbons (Fsp3) is 0.538. The topological polar surface area (TPSA) is 174 Å². The molecular formula is C26H39N5O6S. The number of anilines is 2. The Balaban J connectivity index is 2.37. The molecule has 2 aromatic rings. The Labute approximate surface area is 224 Å². The highest BCUT2D eigenvalue weighted by atomic mass is 32.2. The SMILES string of the molecule is CCCC[C@@H](CCS(C)(=O)=O)Nc1nc(N)nc(C)c1Cc1cc(CC(=O)N[C@@H](C)C(=O)O)ccc1OC. The monoisotopic (exact) mass is 549 g/mol. The van der Waals surface area contributed by atoms with Gasteiger partial charge in [-0.3, -0.25) is 9.59 Å². The Morgan fingerprint density at radius 3 is 2.53 bits per heavy atom. The van der Waals surface area contributed by atoms with E-state index in [1.807, 2.05) is 13.0 Å². The second kappa shape index (κ2) is 13.9. The number of carboxylic acids is 1. The highest BCUT2D eigenvalue weighted by Gasteiger charge is 2.20. The zero-order chi connectivity index (χ0) is 28.5. The van der Waals surface area contributed by atoms with Gasteiger partial charge in [0.25, 0.3) is 0 Å². The van der Waals surface area contributed by atoms with Crippen molar-refractivity contribution < 1.29 is 27.9 Å². The van der Waals surface area contributed by atoms with Crippen molar-refractivity contribution in [3.8, 4) is 5.75 Å². The van der Waals surface area contributed by atoms with E-state index in [9.17, 15) is 18.0 Å². The van der Waals surface area contributed by atoms with E-state index in [4.69, 9.17) is 15.6 Å². The maximum absolute atomic E-state index is 12.3. The van der Waals surface area contributed by atoms with E-state index in [2.05, 4.69) is 27.5 Å². The molecule has 0 unspecified atom stereocenters. The number of benzene rings is 1. The molecule has 11 nitrogen and oxygen atoms in total. The zero-order valence-corrected chi connectivity index (χ0v) is 23.5. The van der Waals surface area contributed by atoms with E-state index < -0.39 is 27.8 Å². The summed E-state index contributed by atoms with van der Waals surface area (Å²) in [6.07, 6.45) is 4.70. The van der Waals surface area contributed by atoms with Gasteiger partial charge in [0.2, 0.25) is 11.9 Å². The summed E-state index contributed by atoms with van der Waals surface area (Å²) >= 11 is 0. The third-order valence-electron chi connectivity index (χ3n) is 6.14. The Hall–Kier alpha value is -3.41. The number of nitrogens with one attached hydrogen (secondary N) is 2. The number of nitrogens with two attached hydrogens (primary N) is 1. The van der Waals surface area contributed by atoms with Crippen LogP contribution in [0.15, 0.2) is 18.2 Å². The second-order valence-corrected chi connectivity index (χ2v) is 11.8. The van der Waals surface area contributed by atoms with Crippen LogP contribution in [0.2, 0.25) is 0 Å². The predicted molar refractivity (Wildman–Crippen MR) is 147 cm³/mol. The largest absolute Gasteiger partial charge is 0.496 e. The number of amides is 1. The van der Waals surface area contributed by atoms with Crippen LogP contribution in [0.3, 0.4) is 0 Å². The number of aryl methyl sites for hydroxylation is 1. The van der Waals surface area contributed by atoms with Gasteiger partial charge in [0.05, 0.1) is 19.3 Å². The number of hydrogen-bond acceptors (Lipinski definition) is 9. The fourth-order valence-corrected chi connectivity index (χ4v) is 4.76. The Morgan fingerprint density at radius 2 is 1.92 bits per heavy atom. The summed E-state index contributed by atoms with van der Waals surface area (Å²) in [5.74, 6) is -0.214. The number of nitrogen functional groups attached to an aromatic ring is 1. The molecule has 0 fully saturated rings. The first-order valence-corrected chi connectivity index (χ1v) is 14.6. The molecule has 0 radical (unpaired) electrons. The standard InChI is InChI=1S/C26H39N5O6S/c1-6-7-8-20(11-12-38(5,35)36)30-24-21(16(2)29-26(27)31-24)15-19-13-18(9-10-22(19)37-4)14-23(32)28-17(3)25(33)34/h9-10,13,17,20H,6-8,11-12,14-15H2,1-5H3,(H,28,32)(H,33,34)(H3,27,29,30,31)/t17-,20-/m0/s1. The van der Waals surface area contributed by atoms with Crippen molar-refractivity contribution in [2.24, 2.45) is 0 Å². The van der Waals surface area contributed by atoms with Crippen molar-refractivity contribution in [2.45, 2.75) is 71.4 Å². The third kappa shape index (κ3) is 9.81. The highest BCUT2D eigenvalue weighted by Crippen LogP contribution is 2.28. The molecule has 0 saturated carbocycles. The zero-order valence-electron chi connectivity index (χ0n) is 22.7. The minimum absolute atomic E-state index is 0.00151. The number of aliphatic carboxylic acids is 1. The number of nitrogens with zero attached hydrogens (tertiary/aromatic N) is 2. The van der Waals surface area contributed by atoms with E-state index in [0.29, 0.717) is 35.7 Å². The number of methoxy groups -OCH3 is 1. The average Bonchev–Trinajstić information content (AvgIpc) is 2.82. The molecule has 5 N–H and O–H groups in total. The molecule has 0 spiro atoms. The van der Waals surface area contributed by atoms with E-state index in [-0.39, 0.29) is 24.2 Å². The molecule has 1 aromatic carbocycles. The van der Waals surface area contributed by atoms with Gasteiger partial charge in [0.1, 0.15) is 27.4 Å². The first kappa shape index (κ1) is 30.8. The van der Waals surface area contributed by atoms with Crippen molar-refractivity contribution in [2.75, 3.05) is 30.2 Å². The number of hydrogen-bond donors (Lipinski definition) is 4. The van der Waals surface area contributed by atoms with Crippen molar-refractivity contribution in [1.82, 2.24) is 15.3 Å². The van der Waals surface area contributed by atoms with E-state index in [1.165, 1.54) is 13.2 Å². The fourth-order valence-electron chi connectivity index (χ4n) is 4.05. The van der Waals surface area contributed by atoms with Crippen molar-refractivity contribution >= 4 is 33.5 Å². The Bertz CT molecular complexity index is 1230. The van der Waals surface area contributed by atoms with Gasteiger partial charge in [-0.1, -0.05) is 31.9 Å². The second-order valence-electron chi connectivity index (χ2n) is 9.52. The normalized spacial score (nSPS) is 13.0. The smallest absolute Gasteiger partial charge is 0.325 e. The molecule has 0 aliphatic rings. The van der Waals surface area contributed by atoms with Crippen LogP contribution in [0.1, 0.15) is 61.9 Å². The number of rotatable bonds is 15. The van der Waals surface area contributed by atoms with Crippen LogP contribution in [0.4, 0.5) is 11.8 Å². The molecule has 0 aliphatic heterocycles. The maximum atomic E-state index is 12.3. The molecule has 0 saturated heterocycles. The van der Waals surface area contributed by atoms with Crippen LogP contribution < -0.4 is 21.1 Å². The lowest BCUT2D eigenvalue weighted by atomic mass is 9.99. The highest BCUT2D eigenvalue weighted by molar-refractivity contribution is 7.90. The predicted octanol–water partition coefficient (Wildman–Crippen LogP) is 2.50. The Morgan fingerprint density at radius 1 is 1.21 bits per heavy atom. The van der Waals surface area contributed by atoms with E-state index in [1.54, 1.807) is 19.2 Å². The molecule has 2 atom stereocenters. The maximum Gasteiger partial charge on any atom is 0.325 e. The van der Waals surface area contributed by atoms with E-state index >= 15 is 0 Å². The first-order chi connectivity index (χ1) is 17.8. The third-order valence-corrected chi connectivity index (χ3v) is 7.12. The summed E-state index contributed by atoms with van der Waals surface area (Å²) in [5.41, 5.74) is 8.88. The van der Waals surface area contributed by atoms with Gasteiger partial charge in [-0.05, 0) is 43.9 Å². The molecule has 1 amide bonds. The first-order valence-electron chi connectivity index (χ1n) is 12.6. The molecule has 0 bridgehead atoms. The molecule has 2 rings (SSSR count). The average molecular weight is 550 g/mol. The number of ether oxygens (including phenoxy) is 1. The van der Waals surface area contributed by atoms with Gasteiger partial charge < -0.3 is 26.2 Å². The minimum Gasteiger partial charge on any atom is -0.496 e. The van der Waals surface area contributed by atoms with Crippen molar-refractivity contribution in [1.29, 1.82) is 0 Å². The molecular weight excluding hydrogens is 510 g/mol. The Kier molecular flexibility index (Phi) is 11.3. The molecule has 0 aliphatic carbocycles. The van der Waals surface area contributed by atoms with Crippen LogP contribution in [-0.4, -0.2) is 66.6 Å². The number of sulfone groups is 1. The van der Waals surface area contributed by atoms with Crippen LogP contribution >= 0.6 is 0 Å². The molecule has 12 heteroatoms. The van der Waals surface area contributed by atoms with Gasteiger partial charge in [-0.15, -0.1) is 0 Å². The van der Waals surface area contributed by atoms with Crippen molar-refractivity contribution in [3.05, 3.63) is 40.6 Å². The molecule has 1 aromatic heterocycles. The molecule has 38 heavy (non-hydrogen) atoms. The number of unbranched alkanes of at least 4 members (excludes halogenated alkanes) is 1. The van der Waals surface area contributed by atoms with Crippen LogP contribution in [-0.2, 0) is 32.3 Å². The van der Waals surface area contributed by atoms with Gasteiger partial charge in [0, 0.05) is 30.0 Å². The quantitative estimate of drug-likeness (QED) is 0.258. The van der Waals surface area contributed by atoms with E-state index in [0.717, 1.165) is 30.4 Å².